The molecule has 1 aromatic heterocycles. The van der Waals surface area contributed by atoms with Crippen molar-refractivity contribution in [3.63, 3.8) is 0 Å². The lowest BCUT2D eigenvalue weighted by Crippen LogP contribution is -1.89. The van der Waals surface area contributed by atoms with Crippen LogP contribution in [0.5, 0.6) is 0 Å². The van der Waals surface area contributed by atoms with Gasteiger partial charge in [0.2, 0.25) is 0 Å². The predicted molar refractivity (Wildman–Crippen MR) is 106 cm³/mol. The van der Waals surface area contributed by atoms with E-state index < -0.39 is 4.92 Å². The van der Waals surface area contributed by atoms with Crippen LogP contribution < -0.4 is 0 Å². The molecule has 0 radical (unpaired) electrons. The van der Waals surface area contributed by atoms with E-state index in [1.54, 1.807) is 6.07 Å². The summed E-state index contributed by atoms with van der Waals surface area (Å²) in [5.74, 6) is 1.29. The zero-order valence-electron chi connectivity index (χ0n) is 14.4. The van der Waals surface area contributed by atoms with Crippen molar-refractivity contribution in [1.29, 1.82) is 0 Å². The molecule has 4 nitrogen and oxygen atoms in total. The van der Waals surface area contributed by atoms with Crippen molar-refractivity contribution < 1.29 is 9.34 Å². The lowest BCUT2D eigenvalue weighted by atomic mass is 10.0. The van der Waals surface area contributed by atoms with Gasteiger partial charge in [-0.2, -0.15) is 0 Å². The summed E-state index contributed by atoms with van der Waals surface area (Å²) >= 11 is 0. The third kappa shape index (κ3) is 3.60. The van der Waals surface area contributed by atoms with E-state index in [1.165, 1.54) is 12.1 Å². The SMILES string of the molecule is O=[N+]([O-])c1cccc(-c2cc(-c3ccccc3)cc(-c3ccccc3)[o+]2)c1. The summed E-state index contributed by atoms with van der Waals surface area (Å²) in [6.45, 7) is 0. The minimum atomic E-state index is -0.400. The molecule has 3 aromatic carbocycles. The van der Waals surface area contributed by atoms with Crippen LogP contribution in [0.25, 0.3) is 33.8 Å². The van der Waals surface area contributed by atoms with Crippen LogP contribution in [0.15, 0.2) is 101 Å². The van der Waals surface area contributed by atoms with Gasteiger partial charge in [0.1, 0.15) is 0 Å². The number of hydrogen-bond donors (Lipinski definition) is 0. The molecule has 0 amide bonds. The summed E-state index contributed by atoms with van der Waals surface area (Å²) < 4.78 is 6.12. The molecule has 0 spiro atoms. The second-order valence-corrected chi connectivity index (χ2v) is 6.11. The smallest absolute Gasteiger partial charge is 0.258 e. The Morgan fingerprint density at radius 2 is 1.15 bits per heavy atom. The molecule has 130 valence electrons. The van der Waals surface area contributed by atoms with Gasteiger partial charge in [-0.05, 0) is 23.8 Å². The van der Waals surface area contributed by atoms with Crippen LogP contribution in [0.4, 0.5) is 5.69 Å². The maximum absolute atomic E-state index is 11.1. The highest BCUT2D eigenvalue weighted by Gasteiger charge is 2.22. The fourth-order valence-electron chi connectivity index (χ4n) is 2.96. The molecule has 0 atom stereocenters. The van der Waals surface area contributed by atoms with Crippen LogP contribution in [0.1, 0.15) is 0 Å². The summed E-state index contributed by atoms with van der Waals surface area (Å²) in [6.07, 6.45) is 0. The zero-order valence-corrected chi connectivity index (χ0v) is 14.4. The van der Waals surface area contributed by atoms with Crippen molar-refractivity contribution in [3.8, 4) is 33.8 Å². The van der Waals surface area contributed by atoms with E-state index in [1.807, 2.05) is 78.9 Å². The largest absolute Gasteiger partial charge is 0.361 e. The molecule has 0 N–H and O–H groups in total. The number of nitro groups is 1. The normalized spacial score (nSPS) is 10.5. The summed E-state index contributed by atoms with van der Waals surface area (Å²) in [7, 11) is 0. The predicted octanol–water partition coefficient (Wildman–Crippen LogP) is 6.47. The molecule has 0 aliphatic heterocycles. The monoisotopic (exact) mass is 354 g/mol. The molecular formula is C23H16NO3+. The maximum atomic E-state index is 11.1. The molecular weight excluding hydrogens is 338 g/mol. The Bertz CT molecular complexity index is 1040. The van der Waals surface area contributed by atoms with Crippen molar-refractivity contribution >= 4 is 5.69 Å². The van der Waals surface area contributed by atoms with Crippen molar-refractivity contribution in [2.75, 3.05) is 0 Å². The molecule has 4 rings (SSSR count). The Morgan fingerprint density at radius 3 is 1.78 bits per heavy atom. The summed E-state index contributed by atoms with van der Waals surface area (Å²) in [5, 5.41) is 11.1. The first kappa shape index (κ1) is 16.7. The Hall–Kier alpha value is -3.79. The fraction of sp³-hybridized carbons (Fsp3) is 0. The van der Waals surface area contributed by atoms with Crippen LogP contribution in [-0.4, -0.2) is 4.92 Å². The Morgan fingerprint density at radius 1 is 0.593 bits per heavy atom. The van der Waals surface area contributed by atoms with Crippen LogP contribution >= 0.6 is 0 Å². The average molecular weight is 354 g/mol. The van der Waals surface area contributed by atoms with Crippen molar-refractivity contribution in [2.24, 2.45) is 0 Å². The highest BCUT2D eigenvalue weighted by Crippen LogP contribution is 2.33. The Labute approximate surface area is 156 Å². The van der Waals surface area contributed by atoms with Gasteiger partial charge < -0.3 is 0 Å². The average Bonchev–Trinajstić information content (AvgIpc) is 2.75. The quantitative estimate of drug-likeness (QED) is 0.240. The molecule has 1 heterocycles. The molecule has 0 saturated heterocycles. The van der Waals surface area contributed by atoms with Crippen molar-refractivity contribution in [2.45, 2.75) is 0 Å². The first-order valence-corrected chi connectivity index (χ1v) is 8.54. The van der Waals surface area contributed by atoms with E-state index in [9.17, 15) is 10.1 Å². The molecule has 4 aromatic rings. The molecule has 4 heteroatoms. The second kappa shape index (κ2) is 7.22. The van der Waals surface area contributed by atoms with Crippen LogP contribution in [0.2, 0.25) is 0 Å². The van der Waals surface area contributed by atoms with Gasteiger partial charge in [-0.1, -0.05) is 54.6 Å². The first-order chi connectivity index (χ1) is 13.2. The maximum Gasteiger partial charge on any atom is 0.361 e. The molecule has 27 heavy (non-hydrogen) atoms. The van der Waals surface area contributed by atoms with E-state index in [0.717, 1.165) is 16.7 Å². The fourth-order valence-corrected chi connectivity index (χ4v) is 2.96. The van der Waals surface area contributed by atoms with Gasteiger partial charge in [0.25, 0.3) is 5.69 Å². The number of non-ortho nitro benzene ring substituents is 1. The molecule has 0 bridgehead atoms. The Kier molecular flexibility index (Phi) is 4.45. The summed E-state index contributed by atoms with van der Waals surface area (Å²) in [6, 6.07) is 30.2. The zero-order chi connectivity index (χ0) is 18.6. The summed E-state index contributed by atoms with van der Waals surface area (Å²) in [5.41, 5.74) is 3.69. The van der Waals surface area contributed by atoms with Crippen LogP contribution in [0.3, 0.4) is 0 Å². The van der Waals surface area contributed by atoms with E-state index in [2.05, 4.69) is 0 Å². The number of benzene rings is 3. The van der Waals surface area contributed by atoms with Gasteiger partial charge in [-0.25, -0.2) is 4.42 Å². The van der Waals surface area contributed by atoms with Crippen LogP contribution in [-0.2, 0) is 0 Å². The van der Waals surface area contributed by atoms with Gasteiger partial charge in [-0.3, -0.25) is 10.1 Å². The highest BCUT2D eigenvalue weighted by molar-refractivity contribution is 5.75. The molecule has 0 aliphatic carbocycles. The van der Waals surface area contributed by atoms with Gasteiger partial charge in [0, 0.05) is 17.7 Å². The topological polar surface area (TPSA) is 54.4 Å². The van der Waals surface area contributed by atoms with Gasteiger partial charge in [-0.15, -0.1) is 0 Å². The number of nitrogens with zero attached hydrogens (tertiary/aromatic N) is 1. The summed E-state index contributed by atoms with van der Waals surface area (Å²) in [4.78, 5) is 10.7. The lowest BCUT2D eigenvalue weighted by Gasteiger charge is -2.02. The molecule has 0 saturated carbocycles. The van der Waals surface area contributed by atoms with Crippen molar-refractivity contribution in [1.82, 2.24) is 0 Å². The van der Waals surface area contributed by atoms with Gasteiger partial charge >= 0.3 is 11.5 Å². The van der Waals surface area contributed by atoms with E-state index in [0.29, 0.717) is 17.1 Å². The van der Waals surface area contributed by atoms with E-state index in [-0.39, 0.29) is 5.69 Å². The number of rotatable bonds is 4. The standard InChI is InChI=1S/C23H16NO3/c25-24(26)21-13-7-12-19(14-21)23-16-20(17-8-3-1-4-9-17)15-22(27-23)18-10-5-2-6-11-18/h1-16H/q+1. The van der Waals surface area contributed by atoms with Gasteiger partial charge in [0.05, 0.1) is 28.2 Å². The van der Waals surface area contributed by atoms with E-state index in [4.69, 9.17) is 4.42 Å². The van der Waals surface area contributed by atoms with Gasteiger partial charge in [0.15, 0.2) is 0 Å². The Balaban J connectivity index is 1.91. The van der Waals surface area contributed by atoms with Crippen molar-refractivity contribution in [3.05, 3.63) is 107 Å². The number of hydrogen-bond acceptors (Lipinski definition) is 2. The molecule has 0 aliphatic rings. The molecule has 0 unspecified atom stereocenters. The molecule has 0 fully saturated rings. The first-order valence-electron chi connectivity index (χ1n) is 8.54. The third-order valence-corrected chi connectivity index (χ3v) is 4.30. The number of nitro benzene ring substituents is 1. The van der Waals surface area contributed by atoms with E-state index >= 15 is 0 Å². The van der Waals surface area contributed by atoms with Crippen LogP contribution in [0, 0.1) is 10.1 Å². The highest BCUT2D eigenvalue weighted by atomic mass is 16.6. The third-order valence-electron chi connectivity index (χ3n) is 4.30. The lowest BCUT2D eigenvalue weighted by molar-refractivity contribution is -0.384. The second-order valence-electron chi connectivity index (χ2n) is 6.11. The minimum Gasteiger partial charge on any atom is -0.258 e. The minimum absolute atomic E-state index is 0.0362.